The van der Waals surface area contributed by atoms with Gasteiger partial charge in [0.15, 0.2) is 16.3 Å². The molecule has 0 saturated carbocycles. The standard InChI is InChI=1S/C34H32N2O7S/c1-5-39-33(38)30-21(4)35-34-36(31(30)25-8-6-7-9-26(25)43-20(2)3)32(37)29(44-34)17-22-10-13-24(14-11-22)40-18-23-12-15-27-28(16-23)42-19-41-27/h6-17,20,31H,5,18-19H2,1-4H3/b29-17+/t31-/m1/s1. The number of fused-ring (bicyclic) bond motifs is 2. The molecule has 6 rings (SSSR count). The SMILES string of the molecule is CCOC(=O)C1=C(C)N=c2s/c(=C/c3ccc(OCc4ccc5c(c4)OCO5)cc3)c(=O)n2[C@@H]1c1ccccc1OC(C)C. The summed E-state index contributed by atoms with van der Waals surface area (Å²) in [5.74, 6) is 2.22. The lowest BCUT2D eigenvalue weighted by atomic mass is 9.95. The summed E-state index contributed by atoms with van der Waals surface area (Å²) in [6.07, 6.45) is 1.72. The zero-order chi connectivity index (χ0) is 30.8. The Balaban J connectivity index is 1.33. The molecule has 0 saturated heterocycles. The van der Waals surface area contributed by atoms with Crippen LogP contribution in [0.5, 0.6) is 23.0 Å². The molecule has 0 aliphatic carbocycles. The molecule has 1 aromatic heterocycles. The van der Waals surface area contributed by atoms with Gasteiger partial charge in [0.25, 0.3) is 5.56 Å². The zero-order valence-electron chi connectivity index (χ0n) is 24.9. The van der Waals surface area contributed by atoms with E-state index in [1.54, 1.807) is 18.4 Å². The summed E-state index contributed by atoms with van der Waals surface area (Å²) < 4.78 is 30.4. The van der Waals surface area contributed by atoms with Crippen molar-refractivity contribution in [3.05, 3.63) is 114 Å². The molecule has 2 aliphatic heterocycles. The van der Waals surface area contributed by atoms with Gasteiger partial charge in [0.2, 0.25) is 6.79 Å². The topological polar surface area (TPSA) is 97.6 Å². The van der Waals surface area contributed by atoms with Gasteiger partial charge in [0.1, 0.15) is 24.1 Å². The Bertz CT molecular complexity index is 1920. The second-order valence-electron chi connectivity index (χ2n) is 10.6. The van der Waals surface area contributed by atoms with E-state index in [1.807, 2.05) is 86.7 Å². The molecule has 3 heterocycles. The Hall–Kier alpha value is -4.83. The van der Waals surface area contributed by atoms with Crippen molar-refractivity contribution < 1.29 is 28.5 Å². The van der Waals surface area contributed by atoms with Gasteiger partial charge in [-0.25, -0.2) is 9.79 Å². The first-order chi connectivity index (χ1) is 21.3. The Morgan fingerprint density at radius 3 is 2.64 bits per heavy atom. The van der Waals surface area contributed by atoms with Crippen molar-refractivity contribution in [2.75, 3.05) is 13.4 Å². The maximum Gasteiger partial charge on any atom is 0.338 e. The number of allylic oxidation sites excluding steroid dienone is 1. The molecule has 4 aromatic rings. The van der Waals surface area contributed by atoms with E-state index in [2.05, 4.69) is 4.99 Å². The van der Waals surface area contributed by atoms with E-state index in [9.17, 15) is 9.59 Å². The van der Waals surface area contributed by atoms with E-state index >= 15 is 0 Å². The van der Waals surface area contributed by atoms with Crippen LogP contribution in [-0.2, 0) is 16.1 Å². The van der Waals surface area contributed by atoms with Gasteiger partial charge in [-0.2, -0.15) is 0 Å². The average Bonchev–Trinajstić information content (AvgIpc) is 3.59. The highest BCUT2D eigenvalue weighted by Gasteiger charge is 2.35. The minimum Gasteiger partial charge on any atom is -0.491 e. The van der Waals surface area contributed by atoms with Crippen LogP contribution in [0.25, 0.3) is 6.08 Å². The van der Waals surface area contributed by atoms with Crippen molar-refractivity contribution in [1.29, 1.82) is 0 Å². The van der Waals surface area contributed by atoms with Crippen molar-refractivity contribution in [1.82, 2.24) is 4.57 Å². The predicted molar refractivity (Wildman–Crippen MR) is 166 cm³/mol. The number of carbonyl (C=O) groups excluding carboxylic acids is 1. The smallest absolute Gasteiger partial charge is 0.338 e. The lowest BCUT2D eigenvalue weighted by Gasteiger charge is -2.26. The normalized spacial score (nSPS) is 15.7. The van der Waals surface area contributed by atoms with Gasteiger partial charge in [0.05, 0.1) is 28.5 Å². The summed E-state index contributed by atoms with van der Waals surface area (Å²) in [7, 11) is 0. The monoisotopic (exact) mass is 612 g/mol. The van der Waals surface area contributed by atoms with Crippen LogP contribution < -0.4 is 33.8 Å². The molecule has 2 aliphatic rings. The maximum atomic E-state index is 14.0. The van der Waals surface area contributed by atoms with E-state index in [-0.39, 0.29) is 25.1 Å². The van der Waals surface area contributed by atoms with Crippen molar-refractivity contribution in [2.45, 2.75) is 46.4 Å². The van der Waals surface area contributed by atoms with Gasteiger partial charge in [-0.15, -0.1) is 0 Å². The van der Waals surface area contributed by atoms with Crippen LogP contribution in [0.2, 0.25) is 0 Å². The number of aromatic nitrogens is 1. The Morgan fingerprint density at radius 1 is 1.09 bits per heavy atom. The second-order valence-corrected chi connectivity index (χ2v) is 11.6. The number of rotatable bonds is 9. The van der Waals surface area contributed by atoms with Crippen LogP contribution in [0.3, 0.4) is 0 Å². The number of benzene rings is 3. The summed E-state index contributed by atoms with van der Waals surface area (Å²) in [5, 5.41) is 0. The summed E-state index contributed by atoms with van der Waals surface area (Å²) in [6, 6.07) is 19.9. The highest BCUT2D eigenvalue weighted by atomic mass is 32.1. The van der Waals surface area contributed by atoms with Crippen molar-refractivity contribution in [3.8, 4) is 23.0 Å². The quantitative estimate of drug-likeness (QED) is 0.248. The molecule has 44 heavy (non-hydrogen) atoms. The Morgan fingerprint density at radius 2 is 1.86 bits per heavy atom. The van der Waals surface area contributed by atoms with Crippen LogP contribution in [0, 0.1) is 0 Å². The first-order valence-corrected chi connectivity index (χ1v) is 15.2. The Kier molecular flexibility index (Phi) is 8.25. The fourth-order valence-electron chi connectivity index (χ4n) is 5.16. The minimum atomic E-state index is -0.755. The third-order valence-electron chi connectivity index (χ3n) is 7.11. The fraction of sp³-hybridized carbons (Fsp3) is 0.265. The van der Waals surface area contributed by atoms with Crippen LogP contribution >= 0.6 is 11.3 Å². The molecule has 0 spiro atoms. The molecule has 10 heteroatoms. The second kappa shape index (κ2) is 12.4. The van der Waals surface area contributed by atoms with E-state index in [1.165, 1.54) is 11.3 Å². The lowest BCUT2D eigenvalue weighted by Crippen LogP contribution is -2.40. The highest BCUT2D eigenvalue weighted by molar-refractivity contribution is 7.07. The number of carbonyl (C=O) groups is 1. The molecule has 226 valence electrons. The minimum absolute atomic E-state index is 0.105. The van der Waals surface area contributed by atoms with Gasteiger partial charge >= 0.3 is 5.97 Å². The highest BCUT2D eigenvalue weighted by Crippen LogP contribution is 2.36. The Labute approximate surface area is 258 Å². The number of thiazole rings is 1. The molecule has 0 bridgehead atoms. The molecule has 0 unspecified atom stereocenters. The van der Waals surface area contributed by atoms with Crippen molar-refractivity contribution >= 4 is 23.4 Å². The molecule has 1 atom stereocenters. The number of ether oxygens (including phenoxy) is 5. The molecule has 3 aromatic carbocycles. The van der Waals surface area contributed by atoms with E-state index in [4.69, 9.17) is 23.7 Å². The number of hydrogen-bond acceptors (Lipinski definition) is 9. The molecule has 0 radical (unpaired) electrons. The number of para-hydroxylation sites is 1. The largest absolute Gasteiger partial charge is 0.491 e. The number of nitrogens with zero attached hydrogens (tertiary/aromatic N) is 2. The maximum absolute atomic E-state index is 14.0. The van der Waals surface area contributed by atoms with Crippen LogP contribution in [0.1, 0.15) is 50.4 Å². The van der Waals surface area contributed by atoms with Crippen molar-refractivity contribution in [2.24, 2.45) is 4.99 Å². The van der Waals surface area contributed by atoms with Gasteiger partial charge in [-0.3, -0.25) is 9.36 Å². The summed E-state index contributed by atoms with van der Waals surface area (Å²) in [4.78, 5) is 32.4. The average molecular weight is 613 g/mol. The van der Waals surface area contributed by atoms with Crippen LogP contribution in [0.15, 0.2) is 87.8 Å². The number of esters is 1. The third-order valence-corrected chi connectivity index (χ3v) is 8.10. The third kappa shape index (κ3) is 5.85. The molecule has 9 nitrogen and oxygen atoms in total. The van der Waals surface area contributed by atoms with Gasteiger partial charge < -0.3 is 23.7 Å². The van der Waals surface area contributed by atoms with Crippen LogP contribution in [-0.4, -0.2) is 30.0 Å². The fourth-order valence-corrected chi connectivity index (χ4v) is 6.21. The molecule has 0 amide bonds. The molecule has 0 N–H and O–H groups in total. The lowest BCUT2D eigenvalue weighted by molar-refractivity contribution is -0.139. The summed E-state index contributed by atoms with van der Waals surface area (Å²) in [5.41, 5.74) is 3.05. The van der Waals surface area contributed by atoms with E-state index in [0.29, 0.717) is 50.0 Å². The zero-order valence-corrected chi connectivity index (χ0v) is 25.7. The van der Waals surface area contributed by atoms with E-state index < -0.39 is 12.0 Å². The van der Waals surface area contributed by atoms with Crippen LogP contribution in [0.4, 0.5) is 0 Å². The van der Waals surface area contributed by atoms with Gasteiger partial charge in [-0.05, 0) is 75.2 Å². The summed E-state index contributed by atoms with van der Waals surface area (Å²) >= 11 is 1.28. The molecular weight excluding hydrogens is 580 g/mol. The first kappa shape index (κ1) is 29.3. The van der Waals surface area contributed by atoms with E-state index in [0.717, 1.165) is 16.9 Å². The molecular formula is C34H32N2O7S. The van der Waals surface area contributed by atoms with Gasteiger partial charge in [0, 0.05) is 5.56 Å². The van der Waals surface area contributed by atoms with Gasteiger partial charge in [-0.1, -0.05) is 47.7 Å². The molecule has 0 fully saturated rings. The van der Waals surface area contributed by atoms with Crippen molar-refractivity contribution in [3.63, 3.8) is 0 Å². The first-order valence-electron chi connectivity index (χ1n) is 14.4. The number of hydrogen-bond donors (Lipinski definition) is 0. The predicted octanol–water partition coefficient (Wildman–Crippen LogP) is 4.89. The summed E-state index contributed by atoms with van der Waals surface area (Å²) in [6.45, 7) is 8.19.